The number of Topliss-reactive ketones (excluding diaryl/α,β-unsaturated/α-hetero) is 1. The first-order valence-electron chi connectivity index (χ1n) is 12.1. The van der Waals surface area contributed by atoms with Crippen LogP contribution >= 0.6 is 0 Å². The van der Waals surface area contributed by atoms with E-state index in [1.807, 2.05) is 37.3 Å². The molecular formula is C30H23N3O6S. The molecule has 0 fully saturated rings. The van der Waals surface area contributed by atoms with E-state index < -0.39 is 26.7 Å². The van der Waals surface area contributed by atoms with Gasteiger partial charge in [0.1, 0.15) is 11.5 Å². The van der Waals surface area contributed by atoms with Crippen molar-refractivity contribution in [3.05, 3.63) is 119 Å². The third-order valence-electron chi connectivity index (χ3n) is 6.10. The van der Waals surface area contributed by atoms with Gasteiger partial charge in [-0.2, -0.15) is 13.5 Å². The van der Waals surface area contributed by atoms with E-state index in [1.165, 1.54) is 12.2 Å². The third kappa shape index (κ3) is 5.68. The molecule has 0 atom stereocenters. The number of hydrazone groups is 1. The van der Waals surface area contributed by atoms with Crippen LogP contribution in [0.3, 0.4) is 0 Å². The molecule has 200 valence electrons. The zero-order chi connectivity index (χ0) is 28.3. The molecule has 4 aromatic rings. The van der Waals surface area contributed by atoms with Crippen LogP contribution in [-0.4, -0.2) is 30.4 Å². The first-order valence-corrected chi connectivity index (χ1v) is 13.6. The summed E-state index contributed by atoms with van der Waals surface area (Å²) in [6.07, 6.45) is 2.90. The minimum atomic E-state index is -4.62. The van der Waals surface area contributed by atoms with Crippen molar-refractivity contribution in [3.8, 4) is 11.5 Å². The average molecular weight is 554 g/mol. The van der Waals surface area contributed by atoms with Crippen LogP contribution in [-0.2, 0) is 10.1 Å². The summed E-state index contributed by atoms with van der Waals surface area (Å²) >= 11 is 0. The Hall–Kier alpha value is -5.06. The predicted molar refractivity (Wildman–Crippen MR) is 153 cm³/mol. The van der Waals surface area contributed by atoms with Gasteiger partial charge in [0, 0.05) is 5.56 Å². The van der Waals surface area contributed by atoms with Crippen molar-refractivity contribution in [2.24, 2.45) is 5.10 Å². The summed E-state index contributed by atoms with van der Waals surface area (Å²) in [5, 5.41) is 6.88. The zero-order valence-corrected chi connectivity index (χ0v) is 22.0. The number of amides is 1. The van der Waals surface area contributed by atoms with Gasteiger partial charge in [-0.25, -0.2) is 0 Å². The molecular weight excluding hydrogens is 530 g/mol. The Morgan fingerprint density at radius 1 is 0.850 bits per heavy atom. The number of fused-ring (bicyclic) bond motifs is 1. The van der Waals surface area contributed by atoms with Crippen LogP contribution < -0.4 is 15.5 Å². The normalized spacial score (nSPS) is 13.6. The Labute approximate surface area is 230 Å². The Balaban J connectivity index is 1.48. The van der Waals surface area contributed by atoms with Crippen molar-refractivity contribution in [1.29, 1.82) is 0 Å². The highest BCUT2D eigenvalue weighted by Crippen LogP contribution is 2.33. The number of hydrogen-bond donors (Lipinski definition) is 3. The lowest BCUT2D eigenvalue weighted by Gasteiger charge is -2.18. The van der Waals surface area contributed by atoms with Gasteiger partial charge in [-0.3, -0.25) is 19.6 Å². The molecule has 1 amide bonds. The number of benzene rings is 4. The van der Waals surface area contributed by atoms with Gasteiger partial charge in [0.2, 0.25) is 5.78 Å². The van der Waals surface area contributed by atoms with Crippen LogP contribution in [0.1, 0.15) is 31.8 Å². The van der Waals surface area contributed by atoms with Gasteiger partial charge >= 0.3 is 0 Å². The Morgan fingerprint density at radius 2 is 1.52 bits per heavy atom. The molecule has 0 radical (unpaired) electrons. The minimum Gasteiger partial charge on any atom is -0.455 e. The molecule has 0 saturated heterocycles. The quantitative estimate of drug-likeness (QED) is 0.190. The smallest absolute Gasteiger partial charge is 0.294 e. The van der Waals surface area contributed by atoms with E-state index >= 15 is 0 Å². The topological polar surface area (TPSA) is 134 Å². The van der Waals surface area contributed by atoms with Gasteiger partial charge in [-0.05, 0) is 66.6 Å². The Bertz CT molecular complexity index is 1800. The number of nitrogens with one attached hydrogen (secondary N) is 2. The second-order valence-electron chi connectivity index (χ2n) is 8.87. The van der Waals surface area contributed by atoms with Crippen molar-refractivity contribution < 1.29 is 27.3 Å². The van der Waals surface area contributed by atoms with Gasteiger partial charge in [-0.1, -0.05) is 54.6 Å². The number of nitrogens with zero attached hydrogens (tertiary/aromatic N) is 1. The molecule has 1 aliphatic carbocycles. The number of ether oxygens (including phenoxy) is 1. The van der Waals surface area contributed by atoms with Crippen LogP contribution in [0, 0.1) is 6.92 Å². The lowest BCUT2D eigenvalue weighted by molar-refractivity contribution is 0.102. The largest absolute Gasteiger partial charge is 0.455 e. The zero-order valence-electron chi connectivity index (χ0n) is 21.2. The van der Waals surface area contributed by atoms with E-state index in [0.29, 0.717) is 22.7 Å². The monoisotopic (exact) mass is 553 g/mol. The van der Waals surface area contributed by atoms with Crippen LogP contribution in [0.4, 0.5) is 11.4 Å². The van der Waals surface area contributed by atoms with Gasteiger partial charge in [0.25, 0.3) is 16.0 Å². The first-order chi connectivity index (χ1) is 19.2. The van der Waals surface area contributed by atoms with E-state index in [9.17, 15) is 22.6 Å². The molecule has 0 aliphatic heterocycles. The van der Waals surface area contributed by atoms with Gasteiger partial charge in [0.05, 0.1) is 21.8 Å². The third-order valence-corrected chi connectivity index (χ3v) is 6.93. The fourth-order valence-corrected chi connectivity index (χ4v) is 4.61. The van der Waals surface area contributed by atoms with E-state index in [-0.39, 0.29) is 22.5 Å². The number of para-hydroxylation sites is 3. The number of ketones is 1. The first kappa shape index (κ1) is 26.5. The summed E-state index contributed by atoms with van der Waals surface area (Å²) in [7, 11) is -4.62. The number of allylic oxidation sites excluding steroid dienone is 1. The standard InChI is InChI=1S/C30H23N3O6S/c1-19-9-5-7-13-26(19)39-27-14-8-6-12-23(27)32-33-24-16-15-21-17-22(40(36,37)38)18-25(28(21)29(24)34)31-30(35)20-10-3-2-4-11-20/h2-18,32H,1H3,(H,31,35)(H,36,37,38)/b33-24-. The number of aryl methyl sites for hydroxylation is 1. The molecule has 4 aromatic carbocycles. The predicted octanol–water partition coefficient (Wildman–Crippen LogP) is 5.96. The van der Waals surface area contributed by atoms with E-state index in [1.54, 1.807) is 48.5 Å². The molecule has 0 bridgehead atoms. The number of hydrogen-bond acceptors (Lipinski definition) is 7. The second kappa shape index (κ2) is 11.0. The maximum atomic E-state index is 13.5. The molecule has 0 unspecified atom stereocenters. The SMILES string of the molecule is Cc1ccccc1Oc1ccccc1N/N=C1/C=Cc2cc(S(=O)(=O)O)cc(NC(=O)c3ccccc3)c2C1=O. The Kier molecular flexibility index (Phi) is 7.28. The lowest BCUT2D eigenvalue weighted by Crippen LogP contribution is -2.23. The molecule has 3 N–H and O–H groups in total. The van der Waals surface area contributed by atoms with Crippen LogP contribution in [0.15, 0.2) is 107 Å². The molecule has 9 nitrogen and oxygen atoms in total. The van der Waals surface area contributed by atoms with E-state index in [4.69, 9.17) is 4.74 Å². The maximum absolute atomic E-state index is 13.5. The van der Waals surface area contributed by atoms with Crippen molar-refractivity contribution in [1.82, 2.24) is 0 Å². The van der Waals surface area contributed by atoms with Crippen LogP contribution in [0.5, 0.6) is 11.5 Å². The molecule has 5 rings (SSSR count). The number of carbonyl (C=O) groups excluding carboxylic acids is 2. The highest BCUT2D eigenvalue weighted by atomic mass is 32.2. The molecule has 0 aromatic heterocycles. The summed E-state index contributed by atoms with van der Waals surface area (Å²) in [6.45, 7) is 1.93. The summed E-state index contributed by atoms with van der Waals surface area (Å²) < 4.78 is 39.5. The van der Waals surface area contributed by atoms with Crippen molar-refractivity contribution in [2.75, 3.05) is 10.7 Å². The van der Waals surface area contributed by atoms with Gasteiger partial charge < -0.3 is 10.1 Å². The van der Waals surface area contributed by atoms with Crippen LogP contribution in [0.25, 0.3) is 6.08 Å². The van der Waals surface area contributed by atoms with Gasteiger partial charge in [0.15, 0.2) is 5.75 Å². The summed E-state index contributed by atoms with van der Waals surface area (Å²) in [6, 6.07) is 25.1. The summed E-state index contributed by atoms with van der Waals surface area (Å²) in [4.78, 5) is 25.9. The maximum Gasteiger partial charge on any atom is 0.294 e. The molecule has 0 spiro atoms. The van der Waals surface area contributed by atoms with E-state index in [0.717, 1.165) is 17.7 Å². The second-order valence-corrected chi connectivity index (χ2v) is 10.3. The fraction of sp³-hybridized carbons (Fsp3) is 0.0333. The fourth-order valence-electron chi connectivity index (χ4n) is 4.07. The van der Waals surface area contributed by atoms with Crippen molar-refractivity contribution >= 4 is 45.0 Å². The summed E-state index contributed by atoms with van der Waals surface area (Å²) in [5.74, 6) is 0.0342. The van der Waals surface area contributed by atoms with Crippen LogP contribution in [0.2, 0.25) is 0 Å². The lowest BCUT2D eigenvalue weighted by atomic mass is 9.93. The molecule has 10 heteroatoms. The van der Waals surface area contributed by atoms with E-state index in [2.05, 4.69) is 15.8 Å². The molecule has 1 aliphatic rings. The highest BCUT2D eigenvalue weighted by Gasteiger charge is 2.27. The molecule has 40 heavy (non-hydrogen) atoms. The number of anilines is 2. The van der Waals surface area contributed by atoms with Gasteiger partial charge in [-0.15, -0.1) is 0 Å². The summed E-state index contributed by atoms with van der Waals surface area (Å²) in [5.41, 5.74) is 4.78. The van der Waals surface area contributed by atoms with Crippen molar-refractivity contribution in [2.45, 2.75) is 11.8 Å². The minimum absolute atomic E-state index is 0.00742. The molecule has 0 saturated carbocycles. The Morgan fingerprint density at radius 3 is 2.25 bits per heavy atom. The average Bonchev–Trinajstić information content (AvgIpc) is 2.94. The highest BCUT2D eigenvalue weighted by molar-refractivity contribution is 7.85. The number of carbonyl (C=O) groups is 2. The number of rotatable bonds is 7. The molecule has 0 heterocycles. The van der Waals surface area contributed by atoms with Crippen molar-refractivity contribution in [3.63, 3.8) is 0 Å².